The van der Waals surface area contributed by atoms with Gasteiger partial charge in [-0.3, -0.25) is 14.3 Å². The lowest BCUT2D eigenvalue weighted by Crippen LogP contribution is -2.36. The van der Waals surface area contributed by atoms with Crippen LogP contribution in [0.15, 0.2) is 59.8 Å². The van der Waals surface area contributed by atoms with E-state index in [9.17, 15) is 4.79 Å². The van der Waals surface area contributed by atoms with E-state index in [1.807, 2.05) is 59.2 Å². The lowest BCUT2D eigenvalue weighted by atomic mass is 10.3. The minimum Gasteiger partial charge on any atom is -0.379 e. The Morgan fingerprint density at radius 1 is 1.07 bits per heavy atom. The highest BCUT2D eigenvalue weighted by Gasteiger charge is 2.19. The highest BCUT2D eigenvalue weighted by atomic mass is 35.5. The fourth-order valence-electron chi connectivity index (χ4n) is 3.15. The molecule has 1 aliphatic rings. The summed E-state index contributed by atoms with van der Waals surface area (Å²) in [7, 11) is 0. The second-order valence-corrected chi connectivity index (χ2v) is 8.18. The van der Waals surface area contributed by atoms with E-state index in [1.54, 1.807) is 0 Å². The summed E-state index contributed by atoms with van der Waals surface area (Å²) in [5.41, 5.74) is 1.69. The molecule has 0 aliphatic carbocycles. The van der Waals surface area contributed by atoms with Crippen molar-refractivity contribution < 1.29 is 9.53 Å². The standard InChI is InChI=1S/C21H22ClN5O2S/c22-16-6-8-18(9-7-16)27-19(14-26-10-12-29-13-11-26)24-25-21(27)30-15-20(28)23-17-4-2-1-3-5-17/h1-9H,10-15H2,(H,23,28). The van der Waals surface area contributed by atoms with Gasteiger partial charge in [0.2, 0.25) is 5.91 Å². The molecule has 0 bridgehead atoms. The summed E-state index contributed by atoms with van der Waals surface area (Å²) in [6.07, 6.45) is 0. The van der Waals surface area contributed by atoms with E-state index in [4.69, 9.17) is 16.3 Å². The van der Waals surface area contributed by atoms with Gasteiger partial charge in [-0.1, -0.05) is 41.6 Å². The molecule has 9 heteroatoms. The topological polar surface area (TPSA) is 72.3 Å². The Labute approximate surface area is 184 Å². The molecular weight excluding hydrogens is 422 g/mol. The molecule has 1 saturated heterocycles. The van der Waals surface area contributed by atoms with Crippen molar-refractivity contribution >= 4 is 35.0 Å². The Kier molecular flexibility index (Phi) is 7.01. The van der Waals surface area contributed by atoms with Gasteiger partial charge >= 0.3 is 0 Å². The van der Waals surface area contributed by atoms with Crippen LogP contribution in [0.5, 0.6) is 0 Å². The molecule has 2 heterocycles. The fourth-order valence-corrected chi connectivity index (χ4v) is 4.05. The Bertz CT molecular complexity index is 975. The van der Waals surface area contributed by atoms with Crippen LogP contribution in [0, 0.1) is 0 Å². The number of hydrogen-bond acceptors (Lipinski definition) is 6. The molecular formula is C21H22ClN5O2S. The zero-order chi connectivity index (χ0) is 20.8. The summed E-state index contributed by atoms with van der Waals surface area (Å²) in [4.78, 5) is 14.7. The van der Waals surface area contributed by atoms with Crippen molar-refractivity contribution in [1.82, 2.24) is 19.7 Å². The van der Waals surface area contributed by atoms with E-state index < -0.39 is 0 Å². The number of aromatic nitrogens is 3. The summed E-state index contributed by atoms with van der Waals surface area (Å²) in [5, 5.41) is 13.0. The maximum Gasteiger partial charge on any atom is 0.234 e. The van der Waals surface area contributed by atoms with E-state index in [0.717, 1.165) is 43.5 Å². The predicted octanol–water partition coefficient (Wildman–Crippen LogP) is 3.48. The number of carbonyl (C=O) groups is 1. The Morgan fingerprint density at radius 3 is 2.53 bits per heavy atom. The first-order valence-corrected chi connectivity index (χ1v) is 11.0. The predicted molar refractivity (Wildman–Crippen MR) is 118 cm³/mol. The maximum absolute atomic E-state index is 12.4. The van der Waals surface area contributed by atoms with Gasteiger partial charge in [-0.15, -0.1) is 10.2 Å². The summed E-state index contributed by atoms with van der Waals surface area (Å²) < 4.78 is 7.43. The van der Waals surface area contributed by atoms with Crippen molar-refractivity contribution in [1.29, 1.82) is 0 Å². The van der Waals surface area contributed by atoms with E-state index >= 15 is 0 Å². The van der Waals surface area contributed by atoms with Crippen molar-refractivity contribution in [3.05, 3.63) is 65.4 Å². The van der Waals surface area contributed by atoms with Crippen LogP contribution in [-0.4, -0.2) is 57.6 Å². The van der Waals surface area contributed by atoms with Crippen molar-refractivity contribution in [2.24, 2.45) is 0 Å². The zero-order valence-electron chi connectivity index (χ0n) is 16.3. The lowest BCUT2D eigenvalue weighted by Gasteiger charge is -2.26. The van der Waals surface area contributed by atoms with Gasteiger partial charge in [0.15, 0.2) is 11.0 Å². The molecule has 0 spiro atoms. The van der Waals surface area contributed by atoms with Gasteiger partial charge in [0.25, 0.3) is 0 Å². The van der Waals surface area contributed by atoms with E-state index in [-0.39, 0.29) is 11.7 Å². The average Bonchev–Trinajstić information content (AvgIpc) is 3.16. The maximum atomic E-state index is 12.4. The second kappa shape index (κ2) is 10.1. The number of thioether (sulfide) groups is 1. The number of ether oxygens (including phenoxy) is 1. The van der Waals surface area contributed by atoms with Crippen LogP contribution < -0.4 is 5.32 Å². The van der Waals surface area contributed by atoms with E-state index in [1.165, 1.54) is 11.8 Å². The number of morpholine rings is 1. The number of rotatable bonds is 7. The molecule has 1 fully saturated rings. The lowest BCUT2D eigenvalue weighted by molar-refractivity contribution is -0.113. The van der Waals surface area contributed by atoms with Gasteiger partial charge < -0.3 is 10.1 Å². The molecule has 0 atom stereocenters. The minimum absolute atomic E-state index is 0.0911. The average molecular weight is 444 g/mol. The zero-order valence-corrected chi connectivity index (χ0v) is 17.9. The number of para-hydroxylation sites is 1. The Morgan fingerprint density at radius 2 is 1.80 bits per heavy atom. The molecule has 1 aliphatic heterocycles. The number of carbonyl (C=O) groups excluding carboxylic acids is 1. The molecule has 2 aromatic carbocycles. The number of hydrogen-bond donors (Lipinski definition) is 1. The molecule has 3 aromatic rings. The first-order chi connectivity index (χ1) is 14.7. The van der Waals surface area contributed by atoms with Crippen molar-refractivity contribution in [3.63, 3.8) is 0 Å². The van der Waals surface area contributed by atoms with Crippen LogP contribution in [-0.2, 0) is 16.1 Å². The smallest absolute Gasteiger partial charge is 0.234 e. The molecule has 30 heavy (non-hydrogen) atoms. The monoisotopic (exact) mass is 443 g/mol. The van der Waals surface area contributed by atoms with Crippen LogP contribution in [0.1, 0.15) is 5.82 Å². The first-order valence-electron chi connectivity index (χ1n) is 9.67. The number of benzene rings is 2. The number of amides is 1. The number of nitrogens with zero attached hydrogens (tertiary/aromatic N) is 4. The van der Waals surface area contributed by atoms with Gasteiger partial charge in [-0.25, -0.2) is 0 Å². The fraction of sp³-hybridized carbons (Fsp3) is 0.286. The Hall–Kier alpha value is -2.39. The van der Waals surface area contributed by atoms with E-state index in [2.05, 4.69) is 20.4 Å². The third-order valence-corrected chi connectivity index (χ3v) is 5.82. The van der Waals surface area contributed by atoms with Gasteiger partial charge in [-0.2, -0.15) is 0 Å². The van der Waals surface area contributed by atoms with Crippen LogP contribution in [0.2, 0.25) is 5.02 Å². The highest BCUT2D eigenvalue weighted by Crippen LogP contribution is 2.24. The molecule has 0 radical (unpaired) electrons. The molecule has 1 N–H and O–H groups in total. The summed E-state index contributed by atoms with van der Waals surface area (Å²) in [5.74, 6) is 0.967. The molecule has 1 amide bonds. The summed E-state index contributed by atoms with van der Waals surface area (Å²) in [6, 6.07) is 17.0. The van der Waals surface area contributed by atoms with Gasteiger partial charge in [-0.05, 0) is 36.4 Å². The molecule has 4 rings (SSSR count). The first kappa shape index (κ1) is 20.9. The number of anilines is 1. The van der Waals surface area contributed by atoms with Crippen LogP contribution in [0.4, 0.5) is 5.69 Å². The molecule has 1 aromatic heterocycles. The second-order valence-electron chi connectivity index (χ2n) is 6.80. The van der Waals surface area contributed by atoms with Crippen molar-refractivity contribution in [3.8, 4) is 5.69 Å². The minimum atomic E-state index is -0.0911. The summed E-state index contributed by atoms with van der Waals surface area (Å²) in [6.45, 7) is 3.81. The Balaban J connectivity index is 1.51. The number of halogens is 1. The van der Waals surface area contributed by atoms with E-state index in [0.29, 0.717) is 16.7 Å². The number of nitrogens with one attached hydrogen (secondary N) is 1. The SMILES string of the molecule is O=C(CSc1nnc(CN2CCOCC2)n1-c1ccc(Cl)cc1)Nc1ccccc1. The van der Waals surface area contributed by atoms with Crippen LogP contribution in [0.25, 0.3) is 5.69 Å². The third-order valence-electron chi connectivity index (χ3n) is 4.64. The largest absolute Gasteiger partial charge is 0.379 e. The van der Waals surface area contributed by atoms with Crippen LogP contribution in [0.3, 0.4) is 0 Å². The molecule has 0 unspecified atom stereocenters. The highest BCUT2D eigenvalue weighted by molar-refractivity contribution is 7.99. The van der Waals surface area contributed by atoms with Crippen molar-refractivity contribution in [2.75, 3.05) is 37.4 Å². The summed E-state index contributed by atoms with van der Waals surface area (Å²) >= 11 is 7.42. The van der Waals surface area contributed by atoms with Gasteiger partial charge in [0, 0.05) is 29.5 Å². The van der Waals surface area contributed by atoms with Crippen molar-refractivity contribution in [2.45, 2.75) is 11.7 Å². The molecule has 156 valence electrons. The molecule has 7 nitrogen and oxygen atoms in total. The molecule has 0 saturated carbocycles. The van der Waals surface area contributed by atoms with Crippen LogP contribution >= 0.6 is 23.4 Å². The quantitative estimate of drug-likeness (QED) is 0.563. The normalized spacial score (nSPS) is 14.6. The van der Waals surface area contributed by atoms with Gasteiger partial charge in [0.1, 0.15) is 0 Å². The van der Waals surface area contributed by atoms with Gasteiger partial charge in [0.05, 0.1) is 25.5 Å². The third kappa shape index (κ3) is 5.40.